The predicted molar refractivity (Wildman–Crippen MR) is 155 cm³/mol. The van der Waals surface area contributed by atoms with Crippen LogP contribution in [-0.4, -0.2) is 12.9 Å². The molecule has 0 amide bonds. The van der Waals surface area contributed by atoms with Gasteiger partial charge in [0.05, 0.1) is 0 Å². The molecule has 44 heavy (non-hydrogen) atoms. The summed E-state index contributed by atoms with van der Waals surface area (Å²) in [5.41, 5.74) is 1.75. The molecular weight excluding hydrogens is 616 g/mol. The van der Waals surface area contributed by atoms with E-state index in [1.54, 1.807) is 0 Å². The van der Waals surface area contributed by atoms with Crippen LogP contribution in [0, 0.1) is 99.7 Å². The van der Waals surface area contributed by atoms with E-state index >= 15 is 17.6 Å². The van der Waals surface area contributed by atoms with Crippen LogP contribution in [0.1, 0.15) is 33.4 Å². The molecular formula is C32H26BF10P. The average molecular weight is 642 g/mol. The zero-order valence-electron chi connectivity index (χ0n) is 24.5. The minimum absolute atomic E-state index is 0.172. The van der Waals surface area contributed by atoms with Crippen molar-refractivity contribution in [1.29, 1.82) is 0 Å². The molecule has 0 bridgehead atoms. The highest BCUT2D eigenvalue weighted by Gasteiger charge is 2.40. The number of aryl methyl sites for hydroxylation is 6. The van der Waals surface area contributed by atoms with E-state index < -0.39 is 90.1 Å². The van der Waals surface area contributed by atoms with E-state index in [0.717, 1.165) is 44.0 Å². The molecule has 0 aliphatic heterocycles. The Kier molecular flexibility index (Phi) is 9.60. The molecule has 0 radical (unpaired) electrons. The van der Waals surface area contributed by atoms with Crippen LogP contribution < -0.4 is 21.5 Å². The molecule has 12 heteroatoms. The van der Waals surface area contributed by atoms with E-state index in [2.05, 4.69) is 0 Å². The standard InChI is InChI=1S/C32H26BF10P/c1-13-9-15(3)31(16(4)10-13)44(32-17(5)11-14(2)12-18(32)6)8-7-33(19-21(34)25(38)29(42)26(39)22(19)35)20-23(36)27(40)30(43)28(41)24(20)37/h9-12H,7-8H2,1-6H3. The summed E-state index contributed by atoms with van der Waals surface area (Å²) >= 11 is 0. The van der Waals surface area contributed by atoms with Crippen molar-refractivity contribution in [2.75, 3.05) is 6.16 Å². The second-order valence-electron chi connectivity index (χ2n) is 11.0. The molecule has 0 unspecified atom stereocenters. The van der Waals surface area contributed by atoms with Gasteiger partial charge in [0.15, 0.2) is 58.2 Å². The summed E-state index contributed by atoms with van der Waals surface area (Å²) in [6, 6.07) is 7.56. The fourth-order valence-corrected chi connectivity index (χ4v) is 9.23. The van der Waals surface area contributed by atoms with Gasteiger partial charge in [0, 0.05) is 10.9 Å². The van der Waals surface area contributed by atoms with Crippen molar-refractivity contribution in [2.45, 2.75) is 47.9 Å². The first-order valence-corrected chi connectivity index (χ1v) is 15.0. The van der Waals surface area contributed by atoms with Crippen molar-refractivity contribution < 1.29 is 43.9 Å². The monoisotopic (exact) mass is 642 g/mol. The van der Waals surface area contributed by atoms with Gasteiger partial charge in [-0.3, -0.25) is 0 Å². The summed E-state index contributed by atoms with van der Waals surface area (Å²) in [6.07, 6.45) is -0.906. The molecule has 4 aromatic carbocycles. The van der Waals surface area contributed by atoms with E-state index in [4.69, 9.17) is 0 Å². The number of hydrogen-bond acceptors (Lipinski definition) is 0. The van der Waals surface area contributed by atoms with Crippen molar-refractivity contribution in [3.05, 3.63) is 116 Å². The quantitative estimate of drug-likeness (QED) is 0.0639. The van der Waals surface area contributed by atoms with Crippen molar-refractivity contribution in [2.24, 2.45) is 0 Å². The van der Waals surface area contributed by atoms with Crippen LogP contribution in [0.25, 0.3) is 0 Å². The zero-order chi connectivity index (χ0) is 32.9. The Balaban J connectivity index is 2.03. The fourth-order valence-electron chi connectivity index (χ4n) is 6.08. The van der Waals surface area contributed by atoms with Gasteiger partial charge in [0.25, 0.3) is 0 Å². The smallest absolute Gasteiger partial charge is 0.204 e. The minimum Gasteiger partial charge on any atom is -0.204 e. The van der Waals surface area contributed by atoms with Gasteiger partial charge in [-0.15, -0.1) is 0 Å². The Morgan fingerprint density at radius 1 is 0.432 bits per heavy atom. The average Bonchev–Trinajstić information content (AvgIpc) is 2.94. The Labute approximate surface area is 250 Å². The van der Waals surface area contributed by atoms with E-state index in [-0.39, 0.29) is 6.16 Å². The fraction of sp³-hybridized carbons (Fsp3) is 0.250. The summed E-state index contributed by atoms with van der Waals surface area (Å²) in [6.45, 7) is 8.62. The molecule has 0 saturated heterocycles. The van der Waals surface area contributed by atoms with Crippen LogP contribution >= 0.6 is 7.92 Å². The van der Waals surface area contributed by atoms with E-state index in [9.17, 15) is 26.3 Å². The highest BCUT2D eigenvalue weighted by Crippen LogP contribution is 2.41. The van der Waals surface area contributed by atoms with Crippen LogP contribution in [0.2, 0.25) is 6.32 Å². The molecule has 0 heterocycles. The molecule has 0 atom stereocenters. The maximum Gasteiger partial charge on any atom is 0.225 e. The molecule has 232 valence electrons. The van der Waals surface area contributed by atoms with Gasteiger partial charge in [-0.2, -0.15) is 0 Å². The van der Waals surface area contributed by atoms with Crippen LogP contribution in [0.5, 0.6) is 0 Å². The highest BCUT2D eigenvalue weighted by atomic mass is 31.1. The molecule has 0 spiro atoms. The van der Waals surface area contributed by atoms with Crippen LogP contribution in [0.15, 0.2) is 24.3 Å². The Morgan fingerprint density at radius 3 is 0.955 bits per heavy atom. The molecule has 0 N–H and O–H groups in total. The lowest BCUT2D eigenvalue weighted by atomic mass is 9.38. The van der Waals surface area contributed by atoms with E-state index in [0.29, 0.717) is 0 Å². The molecule has 0 nitrogen and oxygen atoms in total. The summed E-state index contributed by atoms with van der Waals surface area (Å²) in [4.78, 5) is 0. The molecule has 0 saturated carbocycles. The Hall–Kier alpha value is -3.33. The maximum atomic E-state index is 15.2. The van der Waals surface area contributed by atoms with Crippen molar-refractivity contribution >= 4 is 36.2 Å². The van der Waals surface area contributed by atoms with Gasteiger partial charge in [-0.05, 0) is 88.5 Å². The first kappa shape index (κ1) is 33.6. The lowest BCUT2D eigenvalue weighted by Crippen LogP contribution is -2.51. The SMILES string of the molecule is Cc1cc(C)c(P(CCB(c2c(F)c(F)c(F)c(F)c2F)c2c(F)c(F)c(F)c(F)c2F)c2c(C)cc(C)cc2C)c(C)c1. The molecule has 0 aliphatic rings. The number of benzene rings is 4. The molecule has 4 rings (SSSR count). The predicted octanol–water partition coefficient (Wildman–Crippen LogP) is 7.67. The first-order valence-electron chi connectivity index (χ1n) is 13.4. The highest BCUT2D eigenvalue weighted by molar-refractivity contribution is 7.73. The van der Waals surface area contributed by atoms with Crippen LogP contribution in [-0.2, 0) is 0 Å². The second kappa shape index (κ2) is 12.6. The summed E-state index contributed by atoms with van der Waals surface area (Å²) in [7, 11) is -1.57. The second-order valence-corrected chi connectivity index (χ2v) is 13.2. The maximum absolute atomic E-state index is 15.2. The molecule has 0 aliphatic carbocycles. The van der Waals surface area contributed by atoms with Gasteiger partial charge in [0.2, 0.25) is 6.71 Å². The normalized spacial score (nSPS) is 11.6. The van der Waals surface area contributed by atoms with Crippen LogP contribution in [0.3, 0.4) is 0 Å². The first-order chi connectivity index (χ1) is 20.5. The van der Waals surface area contributed by atoms with Gasteiger partial charge in [-0.25, -0.2) is 43.9 Å². The van der Waals surface area contributed by atoms with Crippen LogP contribution in [0.4, 0.5) is 43.9 Å². The van der Waals surface area contributed by atoms with Gasteiger partial charge in [0.1, 0.15) is 0 Å². The third kappa shape index (κ3) is 5.75. The van der Waals surface area contributed by atoms with Gasteiger partial charge < -0.3 is 0 Å². The lowest BCUT2D eigenvalue weighted by Gasteiger charge is -2.28. The summed E-state index contributed by atoms with van der Waals surface area (Å²) < 4.78 is 146. The number of rotatable bonds is 7. The molecule has 0 aromatic heterocycles. The summed E-state index contributed by atoms with van der Waals surface area (Å²) in [5.74, 6) is -24.4. The largest absolute Gasteiger partial charge is 0.225 e. The van der Waals surface area contributed by atoms with E-state index in [1.807, 2.05) is 65.8 Å². The number of hydrogen-bond donors (Lipinski definition) is 0. The minimum atomic E-state index is -2.53. The van der Waals surface area contributed by atoms with E-state index in [1.165, 1.54) is 0 Å². The van der Waals surface area contributed by atoms with Gasteiger partial charge in [-0.1, -0.05) is 41.7 Å². The van der Waals surface area contributed by atoms with Crippen molar-refractivity contribution in [3.8, 4) is 0 Å². The third-order valence-electron chi connectivity index (χ3n) is 7.64. The topological polar surface area (TPSA) is 0 Å². The third-order valence-corrected chi connectivity index (χ3v) is 10.8. The Bertz CT molecular complexity index is 1570. The number of halogens is 10. The lowest BCUT2D eigenvalue weighted by molar-refractivity contribution is 0.382. The Morgan fingerprint density at radius 2 is 0.682 bits per heavy atom. The molecule has 0 fully saturated rings. The van der Waals surface area contributed by atoms with Gasteiger partial charge >= 0.3 is 0 Å². The van der Waals surface area contributed by atoms with Crippen molar-refractivity contribution in [3.63, 3.8) is 0 Å². The molecule has 4 aromatic rings. The zero-order valence-corrected chi connectivity index (χ0v) is 25.4. The summed E-state index contributed by atoms with van der Waals surface area (Å²) in [5, 5.41) is 1.60. The van der Waals surface area contributed by atoms with Crippen molar-refractivity contribution in [1.82, 2.24) is 0 Å².